The molecule has 2 rings (SSSR count). The third-order valence-corrected chi connectivity index (χ3v) is 3.51. The zero-order chi connectivity index (χ0) is 11.8. The van der Waals surface area contributed by atoms with E-state index in [0.717, 1.165) is 34.6 Å². The van der Waals surface area contributed by atoms with Crippen LogP contribution in [0.25, 0.3) is 10.1 Å². The first kappa shape index (κ1) is 11.5. The number of fused-ring (bicyclic) bond motifs is 1. The van der Waals surface area contributed by atoms with E-state index in [1.165, 1.54) is 17.4 Å². The lowest BCUT2D eigenvalue weighted by Crippen LogP contribution is -2.04. The summed E-state index contributed by atoms with van der Waals surface area (Å²) >= 11 is 1.51. The van der Waals surface area contributed by atoms with Crippen molar-refractivity contribution in [3.8, 4) is 0 Å². The minimum absolute atomic E-state index is 0.559. The fraction of sp³-hybridized carbons (Fsp3) is 0.333. The van der Waals surface area contributed by atoms with E-state index < -0.39 is 11.7 Å². The molecule has 0 nitrogen and oxygen atoms in total. The molecule has 0 fully saturated rings. The first-order chi connectivity index (χ1) is 7.52. The Hall–Kier alpha value is -1.03. The lowest BCUT2D eigenvalue weighted by molar-refractivity contribution is -0.137. The molecule has 0 bridgehead atoms. The summed E-state index contributed by atoms with van der Waals surface area (Å²) in [6.07, 6.45) is -2.47. The van der Waals surface area contributed by atoms with Crippen molar-refractivity contribution in [2.75, 3.05) is 0 Å². The van der Waals surface area contributed by atoms with Crippen LogP contribution in [0.5, 0.6) is 0 Å². The molecule has 0 saturated carbocycles. The Kier molecular flexibility index (Phi) is 2.93. The highest BCUT2D eigenvalue weighted by Gasteiger charge is 2.30. The maximum atomic E-state index is 12.5. The third kappa shape index (κ3) is 2.07. The molecule has 0 aliphatic carbocycles. The van der Waals surface area contributed by atoms with Crippen molar-refractivity contribution in [1.29, 1.82) is 0 Å². The summed E-state index contributed by atoms with van der Waals surface area (Å²) < 4.78 is 38.6. The Balaban J connectivity index is 2.54. The summed E-state index contributed by atoms with van der Waals surface area (Å²) in [5.41, 5.74) is 0.462. The maximum Gasteiger partial charge on any atom is 0.416 e. The topological polar surface area (TPSA) is 0 Å². The molecule has 86 valence electrons. The van der Waals surface area contributed by atoms with Gasteiger partial charge in [0.2, 0.25) is 0 Å². The standard InChI is InChI=1S/C12H11F3S/c1-2-3-8-7-16-11-5-4-9(6-10(8)11)12(13,14)15/h4-7H,2-3H2,1H3. The van der Waals surface area contributed by atoms with E-state index in [2.05, 4.69) is 0 Å². The SMILES string of the molecule is CCCc1csc2ccc(C(F)(F)F)cc12. The van der Waals surface area contributed by atoms with Crippen LogP contribution in [-0.2, 0) is 12.6 Å². The lowest BCUT2D eigenvalue weighted by Gasteiger charge is -2.06. The Morgan fingerprint density at radius 3 is 2.62 bits per heavy atom. The predicted molar refractivity (Wildman–Crippen MR) is 60.8 cm³/mol. The lowest BCUT2D eigenvalue weighted by atomic mass is 10.1. The molecule has 0 N–H and O–H groups in total. The number of alkyl halides is 3. The second-order valence-electron chi connectivity index (χ2n) is 3.72. The Morgan fingerprint density at radius 2 is 2.00 bits per heavy atom. The van der Waals surface area contributed by atoms with Gasteiger partial charge in [0.1, 0.15) is 0 Å². The van der Waals surface area contributed by atoms with Gasteiger partial charge in [0.25, 0.3) is 0 Å². The van der Waals surface area contributed by atoms with E-state index >= 15 is 0 Å². The van der Waals surface area contributed by atoms with Crippen LogP contribution in [-0.4, -0.2) is 0 Å². The van der Waals surface area contributed by atoms with Crippen LogP contribution in [0.15, 0.2) is 23.6 Å². The van der Waals surface area contributed by atoms with Crippen LogP contribution in [0.1, 0.15) is 24.5 Å². The summed E-state index contributed by atoms with van der Waals surface area (Å²) in [4.78, 5) is 0. The molecule has 0 amide bonds. The van der Waals surface area contributed by atoms with Crippen molar-refractivity contribution < 1.29 is 13.2 Å². The molecule has 0 atom stereocenters. The van der Waals surface area contributed by atoms with Crippen molar-refractivity contribution in [3.63, 3.8) is 0 Å². The van der Waals surface area contributed by atoms with Gasteiger partial charge < -0.3 is 0 Å². The summed E-state index contributed by atoms with van der Waals surface area (Å²) in [5, 5.41) is 2.70. The van der Waals surface area contributed by atoms with Crippen LogP contribution in [0.2, 0.25) is 0 Å². The summed E-state index contributed by atoms with van der Waals surface area (Å²) in [6.45, 7) is 2.02. The molecule has 0 aliphatic rings. The second-order valence-corrected chi connectivity index (χ2v) is 4.63. The molecule has 0 spiro atoms. The molecular weight excluding hydrogens is 233 g/mol. The molecule has 0 saturated heterocycles. The van der Waals surface area contributed by atoms with Gasteiger partial charge in [-0.15, -0.1) is 11.3 Å². The molecule has 0 unspecified atom stereocenters. The fourth-order valence-corrected chi connectivity index (χ4v) is 2.70. The van der Waals surface area contributed by atoms with Crippen LogP contribution < -0.4 is 0 Å². The average molecular weight is 244 g/mol. The monoisotopic (exact) mass is 244 g/mol. The van der Waals surface area contributed by atoms with Gasteiger partial charge in [0.15, 0.2) is 0 Å². The van der Waals surface area contributed by atoms with E-state index in [1.807, 2.05) is 12.3 Å². The minimum atomic E-state index is -4.25. The van der Waals surface area contributed by atoms with Gasteiger partial charge in [0, 0.05) is 4.70 Å². The van der Waals surface area contributed by atoms with Gasteiger partial charge in [-0.25, -0.2) is 0 Å². The Labute approximate surface area is 95.7 Å². The van der Waals surface area contributed by atoms with Crippen molar-refractivity contribution in [2.45, 2.75) is 25.9 Å². The van der Waals surface area contributed by atoms with Crippen molar-refractivity contribution >= 4 is 21.4 Å². The third-order valence-electron chi connectivity index (χ3n) is 2.50. The average Bonchev–Trinajstić information content (AvgIpc) is 2.60. The second kappa shape index (κ2) is 4.09. The largest absolute Gasteiger partial charge is 0.416 e. The number of rotatable bonds is 2. The number of benzene rings is 1. The van der Waals surface area contributed by atoms with Crippen molar-refractivity contribution in [2.24, 2.45) is 0 Å². The Bertz CT molecular complexity index is 496. The van der Waals surface area contributed by atoms with E-state index in [0.29, 0.717) is 0 Å². The number of hydrogen-bond acceptors (Lipinski definition) is 1. The molecule has 2 aromatic rings. The van der Waals surface area contributed by atoms with Crippen molar-refractivity contribution in [3.05, 3.63) is 34.7 Å². The molecule has 16 heavy (non-hydrogen) atoms. The summed E-state index contributed by atoms with van der Waals surface area (Å²) in [6, 6.07) is 3.97. The summed E-state index contributed by atoms with van der Waals surface area (Å²) in [7, 11) is 0. The first-order valence-corrected chi connectivity index (χ1v) is 5.97. The zero-order valence-corrected chi connectivity index (χ0v) is 9.58. The summed E-state index contributed by atoms with van der Waals surface area (Å²) in [5.74, 6) is 0. The number of aryl methyl sites for hydroxylation is 1. The maximum absolute atomic E-state index is 12.5. The quantitative estimate of drug-likeness (QED) is 0.706. The van der Waals surface area contributed by atoms with E-state index in [-0.39, 0.29) is 0 Å². The van der Waals surface area contributed by atoms with Gasteiger partial charge in [-0.2, -0.15) is 13.2 Å². The fourth-order valence-electron chi connectivity index (χ4n) is 1.72. The molecule has 1 heterocycles. The Morgan fingerprint density at radius 1 is 1.25 bits per heavy atom. The molecule has 0 radical (unpaired) electrons. The molecular formula is C12H11F3S. The van der Waals surface area contributed by atoms with Gasteiger partial charge in [-0.1, -0.05) is 13.3 Å². The van der Waals surface area contributed by atoms with Crippen LogP contribution in [0.3, 0.4) is 0 Å². The van der Waals surface area contributed by atoms with Gasteiger partial charge in [-0.3, -0.25) is 0 Å². The highest BCUT2D eigenvalue weighted by atomic mass is 32.1. The van der Waals surface area contributed by atoms with E-state index in [4.69, 9.17) is 0 Å². The minimum Gasteiger partial charge on any atom is -0.166 e. The molecule has 0 aliphatic heterocycles. The normalized spacial score (nSPS) is 12.2. The first-order valence-electron chi connectivity index (χ1n) is 5.09. The van der Waals surface area contributed by atoms with E-state index in [1.54, 1.807) is 6.07 Å². The van der Waals surface area contributed by atoms with Crippen molar-refractivity contribution in [1.82, 2.24) is 0 Å². The highest BCUT2D eigenvalue weighted by Crippen LogP contribution is 2.34. The van der Waals surface area contributed by atoms with Gasteiger partial charge >= 0.3 is 6.18 Å². The number of thiophene rings is 1. The highest BCUT2D eigenvalue weighted by molar-refractivity contribution is 7.17. The molecule has 4 heteroatoms. The number of halogens is 3. The van der Waals surface area contributed by atoms with E-state index in [9.17, 15) is 13.2 Å². The predicted octanol–water partition coefficient (Wildman–Crippen LogP) is 4.87. The zero-order valence-electron chi connectivity index (χ0n) is 8.77. The van der Waals surface area contributed by atoms with Crippen LogP contribution in [0, 0.1) is 0 Å². The van der Waals surface area contributed by atoms with Gasteiger partial charge in [-0.05, 0) is 40.9 Å². The molecule has 1 aromatic heterocycles. The van der Waals surface area contributed by atoms with Gasteiger partial charge in [0.05, 0.1) is 5.56 Å². The van der Waals surface area contributed by atoms with Crippen LogP contribution >= 0.6 is 11.3 Å². The molecule has 1 aromatic carbocycles. The number of hydrogen-bond donors (Lipinski definition) is 0. The smallest absolute Gasteiger partial charge is 0.166 e. The van der Waals surface area contributed by atoms with Crippen LogP contribution in [0.4, 0.5) is 13.2 Å².